The van der Waals surface area contributed by atoms with E-state index in [9.17, 15) is 0 Å². The van der Waals surface area contributed by atoms with Gasteiger partial charge in [0, 0.05) is 6.61 Å². The van der Waals surface area contributed by atoms with Crippen molar-refractivity contribution in [2.24, 2.45) is 0 Å². The van der Waals surface area contributed by atoms with Gasteiger partial charge in [-0.1, -0.05) is 5.57 Å². The summed E-state index contributed by atoms with van der Waals surface area (Å²) in [6, 6.07) is 0. The SMILES string of the molecule is C=C(C)CCNCCCCCO. The van der Waals surface area contributed by atoms with E-state index >= 15 is 0 Å². The number of hydrogen-bond donors (Lipinski definition) is 2. The Morgan fingerprint density at radius 2 is 2.00 bits per heavy atom. The first-order chi connectivity index (χ1) is 5.77. The third kappa shape index (κ3) is 9.66. The minimum atomic E-state index is 0.325. The molecule has 2 N–H and O–H groups in total. The van der Waals surface area contributed by atoms with E-state index in [1.165, 1.54) is 5.57 Å². The lowest BCUT2D eigenvalue weighted by Gasteiger charge is -2.03. The average molecular weight is 171 g/mol. The van der Waals surface area contributed by atoms with Crippen molar-refractivity contribution in [3.05, 3.63) is 12.2 Å². The van der Waals surface area contributed by atoms with Gasteiger partial charge in [-0.25, -0.2) is 0 Å². The minimum Gasteiger partial charge on any atom is -0.396 e. The Balaban J connectivity index is 2.86. The van der Waals surface area contributed by atoms with Crippen LogP contribution in [-0.4, -0.2) is 24.8 Å². The second-order valence-electron chi connectivity index (χ2n) is 3.24. The fourth-order valence-corrected chi connectivity index (χ4v) is 0.965. The lowest BCUT2D eigenvalue weighted by atomic mass is 10.2. The summed E-state index contributed by atoms with van der Waals surface area (Å²) in [4.78, 5) is 0. The van der Waals surface area contributed by atoms with Gasteiger partial charge < -0.3 is 10.4 Å². The predicted molar refractivity (Wildman–Crippen MR) is 53.2 cm³/mol. The Kier molecular flexibility index (Phi) is 8.51. The average Bonchev–Trinajstić information content (AvgIpc) is 2.02. The molecule has 0 aliphatic carbocycles. The van der Waals surface area contributed by atoms with Gasteiger partial charge in [-0.15, -0.1) is 6.58 Å². The molecule has 2 heteroatoms. The summed E-state index contributed by atoms with van der Waals surface area (Å²) in [6.07, 6.45) is 4.29. The van der Waals surface area contributed by atoms with Crippen LogP contribution in [0.4, 0.5) is 0 Å². The van der Waals surface area contributed by atoms with E-state index in [-0.39, 0.29) is 0 Å². The third-order valence-electron chi connectivity index (χ3n) is 1.74. The second-order valence-corrected chi connectivity index (χ2v) is 3.24. The first-order valence-electron chi connectivity index (χ1n) is 4.73. The Morgan fingerprint density at radius 3 is 2.58 bits per heavy atom. The Hall–Kier alpha value is -0.340. The molecule has 2 nitrogen and oxygen atoms in total. The lowest BCUT2D eigenvalue weighted by Crippen LogP contribution is -2.16. The summed E-state index contributed by atoms with van der Waals surface area (Å²) in [5.74, 6) is 0. The van der Waals surface area contributed by atoms with Gasteiger partial charge in [0.2, 0.25) is 0 Å². The molecule has 0 bridgehead atoms. The van der Waals surface area contributed by atoms with Crippen LogP contribution in [0.5, 0.6) is 0 Å². The molecule has 72 valence electrons. The number of unbranched alkanes of at least 4 members (excludes halogenated alkanes) is 2. The van der Waals surface area contributed by atoms with Crippen LogP contribution < -0.4 is 5.32 Å². The fraction of sp³-hybridized carbons (Fsp3) is 0.800. The molecule has 0 atom stereocenters. The first kappa shape index (κ1) is 11.7. The lowest BCUT2D eigenvalue weighted by molar-refractivity contribution is 0.283. The molecule has 0 aliphatic rings. The van der Waals surface area contributed by atoms with E-state index in [0.29, 0.717) is 6.61 Å². The van der Waals surface area contributed by atoms with E-state index in [2.05, 4.69) is 11.9 Å². The van der Waals surface area contributed by atoms with Crippen LogP contribution in [-0.2, 0) is 0 Å². The number of hydrogen-bond acceptors (Lipinski definition) is 2. The molecule has 0 heterocycles. The topological polar surface area (TPSA) is 32.3 Å². The maximum atomic E-state index is 8.51. The zero-order chi connectivity index (χ0) is 9.23. The normalized spacial score (nSPS) is 10.2. The third-order valence-corrected chi connectivity index (χ3v) is 1.74. The van der Waals surface area contributed by atoms with Crippen LogP contribution in [0.1, 0.15) is 32.6 Å². The molecule has 0 radical (unpaired) electrons. The zero-order valence-corrected chi connectivity index (χ0v) is 8.10. The fourth-order valence-electron chi connectivity index (χ4n) is 0.965. The Morgan fingerprint density at radius 1 is 1.25 bits per heavy atom. The molecule has 0 rings (SSSR count). The Labute approximate surface area is 75.7 Å². The van der Waals surface area contributed by atoms with Gasteiger partial charge in [0.1, 0.15) is 0 Å². The van der Waals surface area contributed by atoms with Crippen molar-refractivity contribution in [1.29, 1.82) is 0 Å². The van der Waals surface area contributed by atoms with Crippen molar-refractivity contribution in [3.63, 3.8) is 0 Å². The summed E-state index contributed by atoms with van der Waals surface area (Å²) < 4.78 is 0. The van der Waals surface area contributed by atoms with Crippen molar-refractivity contribution < 1.29 is 5.11 Å². The molecule has 0 saturated carbocycles. The standard InChI is InChI=1S/C10H21NO/c1-10(2)6-8-11-7-4-3-5-9-12/h11-12H,1,3-9H2,2H3. The largest absolute Gasteiger partial charge is 0.396 e. The number of aliphatic hydroxyl groups excluding tert-OH is 1. The maximum Gasteiger partial charge on any atom is 0.0431 e. The summed E-state index contributed by atoms with van der Waals surface area (Å²) in [7, 11) is 0. The van der Waals surface area contributed by atoms with E-state index in [4.69, 9.17) is 5.11 Å². The van der Waals surface area contributed by atoms with Gasteiger partial charge in [-0.2, -0.15) is 0 Å². The van der Waals surface area contributed by atoms with Gasteiger partial charge >= 0.3 is 0 Å². The molecule has 0 amide bonds. The van der Waals surface area contributed by atoms with E-state index in [0.717, 1.165) is 38.8 Å². The molecule has 0 saturated heterocycles. The van der Waals surface area contributed by atoms with Crippen LogP contribution in [0.3, 0.4) is 0 Å². The zero-order valence-electron chi connectivity index (χ0n) is 8.10. The smallest absolute Gasteiger partial charge is 0.0431 e. The van der Waals surface area contributed by atoms with Crippen LogP contribution in [0.2, 0.25) is 0 Å². The highest BCUT2D eigenvalue weighted by molar-refractivity contribution is 4.87. The highest BCUT2D eigenvalue weighted by Crippen LogP contribution is 1.94. The molecule has 0 aromatic heterocycles. The van der Waals surface area contributed by atoms with Crippen LogP contribution >= 0.6 is 0 Å². The van der Waals surface area contributed by atoms with Crippen LogP contribution in [0.25, 0.3) is 0 Å². The molecule has 0 aromatic carbocycles. The quantitative estimate of drug-likeness (QED) is 0.430. The van der Waals surface area contributed by atoms with Gasteiger partial charge in [0.25, 0.3) is 0 Å². The monoisotopic (exact) mass is 171 g/mol. The van der Waals surface area contributed by atoms with E-state index in [1.54, 1.807) is 0 Å². The summed E-state index contributed by atoms with van der Waals surface area (Å²) >= 11 is 0. The summed E-state index contributed by atoms with van der Waals surface area (Å²) in [5, 5.41) is 11.8. The van der Waals surface area contributed by atoms with Gasteiger partial charge in [-0.05, 0) is 45.7 Å². The van der Waals surface area contributed by atoms with Gasteiger partial charge in [0.15, 0.2) is 0 Å². The minimum absolute atomic E-state index is 0.325. The maximum absolute atomic E-state index is 8.51. The van der Waals surface area contributed by atoms with Crippen molar-refractivity contribution in [1.82, 2.24) is 5.32 Å². The highest BCUT2D eigenvalue weighted by atomic mass is 16.2. The van der Waals surface area contributed by atoms with Crippen molar-refractivity contribution in [2.45, 2.75) is 32.6 Å². The predicted octanol–water partition coefficient (Wildman–Crippen LogP) is 1.70. The number of rotatable bonds is 8. The molecule has 0 aliphatic heterocycles. The second kappa shape index (κ2) is 8.75. The van der Waals surface area contributed by atoms with Crippen LogP contribution in [0.15, 0.2) is 12.2 Å². The van der Waals surface area contributed by atoms with Gasteiger partial charge in [-0.3, -0.25) is 0 Å². The van der Waals surface area contributed by atoms with Gasteiger partial charge in [0.05, 0.1) is 0 Å². The number of aliphatic hydroxyl groups is 1. The van der Waals surface area contributed by atoms with Crippen molar-refractivity contribution in [2.75, 3.05) is 19.7 Å². The summed E-state index contributed by atoms with van der Waals surface area (Å²) in [5.41, 5.74) is 1.23. The molecule has 12 heavy (non-hydrogen) atoms. The van der Waals surface area contributed by atoms with Crippen molar-refractivity contribution >= 4 is 0 Å². The van der Waals surface area contributed by atoms with E-state index < -0.39 is 0 Å². The van der Waals surface area contributed by atoms with Crippen molar-refractivity contribution in [3.8, 4) is 0 Å². The molecular formula is C10H21NO. The molecule has 0 fully saturated rings. The molecule has 0 spiro atoms. The Bertz CT molecular complexity index is 112. The number of nitrogens with one attached hydrogen (secondary N) is 1. The van der Waals surface area contributed by atoms with Crippen LogP contribution in [0, 0.1) is 0 Å². The molecular weight excluding hydrogens is 150 g/mol. The van der Waals surface area contributed by atoms with E-state index in [1.807, 2.05) is 6.92 Å². The summed E-state index contributed by atoms with van der Waals surface area (Å²) in [6.45, 7) is 8.30. The highest BCUT2D eigenvalue weighted by Gasteiger charge is 1.89. The molecule has 0 aromatic rings. The first-order valence-corrected chi connectivity index (χ1v) is 4.73. The molecule has 0 unspecified atom stereocenters.